The number of benzene rings is 1. The second-order valence-corrected chi connectivity index (χ2v) is 7.30. The van der Waals surface area contributed by atoms with E-state index in [0.29, 0.717) is 18.0 Å². The number of ether oxygens (including phenoxy) is 1. The number of carbonyl (C=O) groups is 1. The van der Waals surface area contributed by atoms with Gasteiger partial charge in [-0.1, -0.05) is 0 Å². The lowest BCUT2D eigenvalue weighted by Crippen LogP contribution is -2.11. The Kier molecular flexibility index (Phi) is 4.72. The SMILES string of the molecule is CCOc1ccc(NS(=O)(=O)c2cc(C(=O)O)cs2)cc1C. The van der Waals surface area contributed by atoms with E-state index in [1.54, 1.807) is 18.2 Å². The summed E-state index contributed by atoms with van der Waals surface area (Å²) in [7, 11) is -3.80. The number of aryl methyl sites for hydroxylation is 1. The van der Waals surface area contributed by atoms with Crippen LogP contribution in [-0.2, 0) is 10.0 Å². The van der Waals surface area contributed by atoms with Crippen molar-refractivity contribution >= 4 is 33.0 Å². The molecule has 0 spiro atoms. The zero-order valence-corrected chi connectivity index (χ0v) is 13.6. The average Bonchev–Trinajstić information content (AvgIpc) is 2.92. The first-order chi connectivity index (χ1) is 10.3. The van der Waals surface area contributed by atoms with Gasteiger partial charge in [0, 0.05) is 11.1 Å². The molecule has 0 aliphatic rings. The van der Waals surface area contributed by atoms with Crippen molar-refractivity contribution in [2.45, 2.75) is 18.1 Å². The highest BCUT2D eigenvalue weighted by Crippen LogP contribution is 2.26. The lowest BCUT2D eigenvalue weighted by molar-refractivity contribution is 0.0697. The first kappa shape index (κ1) is 16.3. The molecule has 0 unspecified atom stereocenters. The monoisotopic (exact) mass is 341 g/mol. The summed E-state index contributed by atoms with van der Waals surface area (Å²) in [5.74, 6) is -0.468. The van der Waals surface area contributed by atoms with E-state index >= 15 is 0 Å². The number of hydrogen-bond donors (Lipinski definition) is 2. The minimum atomic E-state index is -3.80. The third-order valence-corrected chi connectivity index (χ3v) is 5.64. The van der Waals surface area contributed by atoms with Crippen LogP contribution in [0, 0.1) is 6.92 Å². The van der Waals surface area contributed by atoms with Gasteiger partial charge in [0.2, 0.25) is 0 Å². The number of rotatable bonds is 6. The van der Waals surface area contributed by atoms with Gasteiger partial charge in [-0.25, -0.2) is 13.2 Å². The van der Waals surface area contributed by atoms with E-state index in [9.17, 15) is 13.2 Å². The standard InChI is InChI=1S/C14H15NO5S2/c1-3-20-12-5-4-11(6-9(12)2)15-22(18,19)13-7-10(8-21-13)14(16)17/h4-8,15H,3H2,1-2H3,(H,16,17). The summed E-state index contributed by atoms with van der Waals surface area (Å²) in [6, 6.07) is 6.08. The molecule has 2 rings (SSSR count). The van der Waals surface area contributed by atoms with Crippen LogP contribution >= 0.6 is 11.3 Å². The Morgan fingerprint density at radius 2 is 2.09 bits per heavy atom. The lowest BCUT2D eigenvalue weighted by atomic mass is 10.2. The molecule has 22 heavy (non-hydrogen) atoms. The number of hydrogen-bond acceptors (Lipinski definition) is 5. The van der Waals surface area contributed by atoms with Gasteiger partial charge in [-0.3, -0.25) is 4.72 Å². The molecule has 6 nitrogen and oxygen atoms in total. The number of carboxylic acid groups (broad SMARTS) is 1. The fourth-order valence-electron chi connectivity index (χ4n) is 1.81. The van der Waals surface area contributed by atoms with Crippen molar-refractivity contribution in [3.8, 4) is 5.75 Å². The summed E-state index contributed by atoms with van der Waals surface area (Å²) in [5.41, 5.74) is 1.15. The van der Waals surface area contributed by atoms with Crippen LogP contribution in [0.5, 0.6) is 5.75 Å². The van der Waals surface area contributed by atoms with Crippen LogP contribution in [0.25, 0.3) is 0 Å². The topological polar surface area (TPSA) is 92.7 Å². The number of aromatic carboxylic acids is 1. The molecule has 8 heteroatoms. The normalized spacial score (nSPS) is 11.2. The van der Waals surface area contributed by atoms with Gasteiger partial charge in [0.25, 0.3) is 10.0 Å². The molecule has 0 bridgehead atoms. The zero-order valence-electron chi connectivity index (χ0n) is 12.0. The van der Waals surface area contributed by atoms with Crippen LogP contribution in [0.3, 0.4) is 0 Å². The first-order valence-corrected chi connectivity index (χ1v) is 8.78. The molecule has 118 valence electrons. The molecule has 1 heterocycles. The quantitative estimate of drug-likeness (QED) is 0.842. The smallest absolute Gasteiger partial charge is 0.336 e. The van der Waals surface area contributed by atoms with Gasteiger partial charge in [0.15, 0.2) is 0 Å². The predicted molar refractivity (Wildman–Crippen MR) is 84.4 cm³/mol. The molecule has 0 fully saturated rings. The fraction of sp³-hybridized carbons (Fsp3) is 0.214. The van der Waals surface area contributed by atoms with Crippen LogP contribution in [0.4, 0.5) is 5.69 Å². The average molecular weight is 341 g/mol. The third kappa shape index (κ3) is 3.58. The van der Waals surface area contributed by atoms with Crippen LogP contribution < -0.4 is 9.46 Å². The Hall–Kier alpha value is -2.06. The van der Waals surface area contributed by atoms with Crippen molar-refractivity contribution in [3.05, 3.63) is 40.8 Å². The maximum atomic E-state index is 12.2. The highest BCUT2D eigenvalue weighted by Gasteiger charge is 2.19. The fourth-order valence-corrected chi connectivity index (χ4v) is 4.01. The molecule has 0 amide bonds. The van der Waals surface area contributed by atoms with E-state index in [0.717, 1.165) is 23.0 Å². The molecule has 0 saturated carbocycles. The van der Waals surface area contributed by atoms with E-state index in [1.807, 2.05) is 13.8 Å². The van der Waals surface area contributed by atoms with Gasteiger partial charge in [0.05, 0.1) is 12.2 Å². The van der Waals surface area contributed by atoms with Crippen molar-refractivity contribution in [3.63, 3.8) is 0 Å². The highest BCUT2D eigenvalue weighted by atomic mass is 32.2. The molecule has 2 aromatic rings. The molecule has 0 saturated heterocycles. The molecule has 0 atom stereocenters. The second-order valence-electron chi connectivity index (χ2n) is 4.48. The predicted octanol–water partition coefficient (Wildman–Crippen LogP) is 2.95. The van der Waals surface area contributed by atoms with Crippen molar-refractivity contribution < 1.29 is 23.1 Å². The van der Waals surface area contributed by atoms with Crippen molar-refractivity contribution in [1.82, 2.24) is 0 Å². The minimum Gasteiger partial charge on any atom is -0.494 e. The van der Waals surface area contributed by atoms with Gasteiger partial charge in [-0.05, 0) is 43.7 Å². The third-order valence-electron chi connectivity index (χ3n) is 2.81. The summed E-state index contributed by atoms with van der Waals surface area (Å²) in [4.78, 5) is 10.8. The molecule has 0 aliphatic heterocycles. The highest BCUT2D eigenvalue weighted by molar-refractivity contribution is 7.94. The van der Waals surface area contributed by atoms with Crippen LogP contribution in [0.1, 0.15) is 22.8 Å². The number of anilines is 1. The van der Waals surface area contributed by atoms with Gasteiger partial charge in [-0.15, -0.1) is 11.3 Å². The Morgan fingerprint density at radius 1 is 1.36 bits per heavy atom. The molecule has 1 aromatic heterocycles. The molecule has 0 radical (unpaired) electrons. The Bertz CT molecular complexity index is 795. The van der Waals surface area contributed by atoms with E-state index < -0.39 is 16.0 Å². The van der Waals surface area contributed by atoms with E-state index in [1.165, 1.54) is 5.38 Å². The van der Waals surface area contributed by atoms with Crippen molar-refractivity contribution in [2.75, 3.05) is 11.3 Å². The largest absolute Gasteiger partial charge is 0.494 e. The van der Waals surface area contributed by atoms with Gasteiger partial charge in [-0.2, -0.15) is 0 Å². The van der Waals surface area contributed by atoms with Gasteiger partial charge < -0.3 is 9.84 Å². The van der Waals surface area contributed by atoms with E-state index in [-0.39, 0.29) is 9.77 Å². The summed E-state index contributed by atoms with van der Waals surface area (Å²) < 4.78 is 32.3. The lowest BCUT2D eigenvalue weighted by Gasteiger charge is -2.10. The van der Waals surface area contributed by atoms with Crippen LogP contribution in [-0.4, -0.2) is 26.1 Å². The molecule has 0 aliphatic carbocycles. The molecular weight excluding hydrogens is 326 g/mol. The summed E-state index contributed by atoms with van der Waals surface area (Å²) >= 11 is 0.864. The summed E-state index contributed by atoms with van der Waals surface area (Å²) in [5, 5.41) is 10.1. The number of nitrogens with one attached hydrogen (secondary N) is 1. The maximum Gasteiger partial charge on any atom is 0.336 e. The minimum absolute atomic E-state index is 0.0450. The number of sulfonamides is 1. The Balaban J connectivity index is 2.24. The van der Waals surface area contributed by atoms with Gasteiger partial charge in [0.1, 0.15) is 9.96 Å². The number of thiophene rings is 1. The van der Waals surface area contributed by atoms with Crippen LogP contribution in [0.15, 0.2) is 33.9 Å². The number of carboxylic acids is 1. The van der Waals surface area contributed by atoms with E-state index in [2.05, 4.69) is 4.72 Å². The van der Waals surface area contributed by atoms with E-state index in [4.69, 9.17) is 9.84 Å². The van der Waals surface area contributed by atoms with Gasteiger partial charge >= 0.3 is 5.97 Å². The van der Waals surface area contributed by atoms with Crippen molar-refractivity contribution in [2.24, 2.45) is 0 Å². The summed E-state index contributed by atoms with van der Waals surface area (Å²) in [6.07, 6.45) is 0. The van der Waals surface area contributed by atoms with Crippen molar-refractivity contribution in [1.29, 1.82) is 0 Å². The Morgan fingerprint density at radius 3 is 2.64 bits per heavy atom. The summed E-state index contributed by atoms with van der Waals surface area (Å²) in [6.45, 7) is 4.21. The molecule has 2 N–H and O–H groups in total. The molecular formula is C14H15NO5S2. The first-order valence-electron chi connectivity index (χ1n) is 6.41. The second kappa shape index (κ2) is 6.37. The molecule has 1 aromatic carbocycles. The zero-order chi connectivity index (χ0) is 16.3. The Labute approximate surface area is 132 Å². The maximum absolute atomic E-state index is 12.2. The van der Waals surface area contributed by atoms with Crippen LogP contribution in [0.2, 0.25) is 0 Å².